The normalized spacial score (nSPS) is 17.2. The Morgan fingerprint density at radius 3 is 2.76 bits per heavy atom. The van der Waals surface area contributed by atoms with Gasteiger partial charge in [0.1, 0.15) is 5.75 Å². The Bertz CT molecular complexity index is 895. The van der Waals surface area contributed by atoms with Crippen molar-refractivity contribution in [2.24, 2.45) is 0 Å². The van der Waals surface area contributed by atoms with Gasteiger partial charge in [0.15, 0.2) is 0 Å². The zero-order valence-electron chi connectivity index (χ0n) is 15.9. The summed E-state index contributed by atoms with van der Waals surface area (Å²) < 4.78 is 11.0. The van der Waals surface area contributed by atoms with Crippen LogP contribution in [0.5, 0.6) is 5.75 Å². The Morgan fingerprint density at radius 2 is 2.03 bits per heavy atom. The minimum atomic E-state index is -0.297. The summed E-state index contributed by atoms with van der Waals surface area (Å²) in [4.78, 5) is 14.8. The summed E-state index contributed by atoms with van der Waals surface area (Å²) in [7, 11) is 1.48. The van der Waals surface area contributed by atoms with Crippen molar-refractivity contribution in [3.05, 3.63) is 56.5 Å². The number of nitrogens with zero attached hydrogens (tertiary/aromatic N) is 1. The second-order valence-corrected chi connectivity index (χ2v) is 7.98. The van der Waals surface area contributed by atoms with Gasteiger partial charge in [-0.1, -0.05) is 40.9 Å². The molecule has 156 valence electrons. The Hall–Kier alpha value is -1.70. The van der Waals surface area contributed by atoms with Crippen molar-refractivity contribution < 1.29 is 14.3 Å². The van der Waals surface area contributed by atoms with Gasteiger partial charge in [0.05, 0.1) is 46.1 Å². The van der Waals surface area contributed by atoms with Crippen LogP contribution >= 0.6 is 34.8 Å². The van der Waals surface area contributed by atoms with Crippen molar-refractivity contribution in [2.75, 3.05) is 39.1 Å². The molecule has 1 aliphatic rings. The van der Waals surface area contributed by atoms with Crippen LogP contribution in [-0.4, -0.2) is 50.3 Å². The summed E-state index contributed by atoms with van der Waals surface area (Å²) in [5.74, 6) is 0.0733. The van der Waals surface area contributed by atoms with E-state index < -0.39 is 0 Å². The minimum Gasteiger partial charge on any atom is -0.496 e. The molecule has 29 heavy (non-hydrogen) atoms. The molecule has 1 atom stereocenters. The molecule has 1 fully saturated rings. The van der Waals surface area contributed by atoms with E-state index in [9.17, 15) is 4.79 Å². The van der Waals surface area contributed by atoms with Crippen LogP contribution in [0, 0.1) is 0 Å². The van der Waals surface area contributed by atoms with Gasteiger partial charge in [0.2, 0.25) is 0 Å². The number of rotatable bonds is 6. The van der Waals surface area contributed by atoms with Crippen molar-refractivity contribution in [1.82, 2.24) is 10.2 Å². The first-order valence-corrected chi connectivity index (χ1v) is 10.2. The van der Waals surface area contributed by atoms with Gasteiger partial charge in [-0.05, 0) is 23.8 Å². The van der Waals surface area contributed by atoms with Crippen LogP contribution in [-0.2, 0) is 11.3 Å². The standard InChI is InChI=1S/C20H22Cl3N3O3/c1-28-19-8-18(24)17(23)7-14(19)20(27)25-9-13-11-26(4-5-29-13)10-12-2-3-15(21)16(22)6-12/h2-3,6-8,13H,4-5,9-11,24H2,1H3,(H,25,27). The van der Waals surface area contributed by atoms with Gasteiger partial charge < -0.3 is 20.5 Å². The van der Waals surface area contributed by atoms with E-state index in [0.29, 0.717) is 51.8 Å². The smallest absolute Gasteiger partial charge is 0.255 e. The van der Waals surface area contributed by atoms with Crippen LogP contribution in [0.4, 0.5) is 5.69 Å². The second-order valence-electron chi connectivity index (χ2n) is 6.76. The Balaban J connectivity index is 1.57. The van der Waals surface area contributed by atoms with E-state index >= 15 is 0 Å². The molecule has 2 aromatic carbocycles. The molecule has 1 unspecified atom stereocenters. The van der Waals surface area contributed by atoms with E-state index in [1.165, 1.54) is 19.2 Å². The minimum absolute atomic E-state index is 0.134. The lowest BCUT2D eigenvalue weighted by Crippen LogP contribution is -2.47. The monoisotopic (exact) mass is 457 g/mol. The lowest BCUT2D eigenvalue weighted by atomic mass is 10.1. The van der Waals surface area contributed by atoms with Gasteiger partial charge in [0.25, 0.3) is 5.91 Å². The van der Waals surface area contributed by atoms with Crippen LogP contribution < -0.4 is 15.8 Å². The second kappa shape index (κ2) is 9.87. The molecule has 0 aliphatic carbocycles. The molecule has 6 nitrogen and oxygen atoms in total. The van der Waals surface area contributed by atoms with Crippen molar-refractivity contribution in [2.45, 2.75) is 12.6 Å². The van der Waals surface area contributed by atoms with E-state index in [1.807, 2.05) is 12.1 Å². The lowest BCUT2D eigenvalue weighted by molar-refractivity contribution is -0.0292. The predicted molar refractivity (Wildman–Crippen MR) is 116 cm³/mol. The lowest BCUT2D eigenvalue weighted by Gasteiger charge is -2.33. The molecule has 0 radical (unpaired) electrons. The predicted octanol–water partition coefficient (Wildman–Crippen LogP) is 3.87. The molecule has 1 heterocycles. The number of hydrogen-bond acceptors (Lipinski definition) is 5. The Morgan fingerprint density at radius 1 is 1.24 bits per heavy atom. The van der Waals surface area contributed by atoms with Crippen molar-refractivity contribution in [3.63, 3.8) is 0 Å². The molecule has 0 spiro atoms. The summed E-state index contributed by atoms with van der Waals surface area (Å²) in [6.45, 7) is 3.15. The Kier molecular flexibility index (Phi) is 7.49. The highest BCUT2D eigenvalue weighted by Crippen LogP contribution is 2.29. The number of ether oxygens (including phenoxy) is 2. The Labute approximate surface area is 184 Å². The third kappa shape index (κ3) is 5.68. The number of anilines is 1. The molecule has 3 rings (SSSR count). The molecule has 9 heteroatoms. The topological polar surface area (TPSA) is 76.8 Å². The number of benzene rings is 2. The molecule has 1 saturated heterocycles. The molecule has 1 amide bonds. The van der Waals surface area contributed by atoms with E-state index in [4.69, 9.17) is 50.0 Å². The quantitative estimate of drug-likeness (QED) is 0.643. The number of nitrogen functional groups attached to an aromatic ring is 1. The summed E-state index contributed by atoms with van der Waals surface area (Å²) in [6.07, 6.45) is -0.134. The first-order valence-electron chi connectivity index (χ1n) is 9.06. The number of amides is 1. The van der Waals surface area contributed by atoms with Crippen molar-refractivity contribution in [1.29, 1.82) is 0 Å². The summed E-state index contributed by atoms with van der Waals surface area (Å²) in [5, 5.41) is 4.26. The maximum atomic E-state index is 12.6. The number of morpholine rings is 1. The van der Waals surface area contributed by atoms with Gasteiger partial charge in [0, 0.05) is 32.2 Å². The fourth-order valence-corrected chi connectivity index (χ4v) is 3.65. The van der Waals surface area contributed by atoms with Crippen molar-refractivity contribution >= 4 is 46.4 Å². The number of halogens is 3. The zero-order valence-corrected chi connectivity index (χ0v) is 18.2. The molecule has 2 aromatic rings. The van der Waals surface area contributed by atoms with Gasteiger partial charge in [-0.25, -0.2) is 0 Å². The SMILES string of the molecule is COc1cc(N)c(Cl)cc1C(=O)NCC1CN(Cc2ccc(Cl)c(Cl)c2)CCO1. The fraction of sp³-hybridized carbons (Fsp3) is 0.350. The average Bonchev–Trinajstić information content (AvgIpc) is 2.71. The van der Waals surface area contributed by atoms with Crippen LogP contribution in [0.1, 0.15) is 15.9 Å². The molecule has 0 aromatic heterocycles. The number of carbonyl (C=O) groups excluding carboxylic acids is 1. The number of hydrogen-bond donors (Lipinski definition) is 2. The molecule has 3 N–H and O–H groups in total. The average molecular weight is 459 g/mol. The van der Waals surface area contributed by atoms with Gasteiger partial charge in [-0.15, -0.1) is 0 Å². The summed E-state index contributed by atoms with van der Waals surface area (Å²) in [6, 6.07) is 8.66. The molecular formula is C20H22Cl3N3O3. The number of nitrogens with one attached hydrogen (secondary N) is 1. The maximum Gasteiger partial charge on any atom is 0.255 e. The highest BCUT2D eigenvalue weighted by atomic mass is 35.5. The maximum absolute atomic E-state index is 12.6. The van der Waals surface area contributed by atoms with E-state index in [0.717, 1.165) is 18.7 Å². The number of nitrogens with two attached hydrogens (primary N) is 1. The van der Waals surface area contributed by atoms with E-state index in [2.05, 4.69) is 10.2 Å². The van der Waals surface area contributed by atoms with Gasteiger partial charge in [-0.3, -0.25) is 9.69 Å². The van der Waals surface area contributed by atoms with Crippen LogP contribution in [0.15, 0.2) is 30.3 Å². The number of carbonyl (C=O) groups is 1. The third-order valence-corrected chi connectivity index (χ3v) is 5.73. The van der Waals surface area contributed by atoms with Gasteiger partial charge >= 0.3 is 0 Å². The highest BCUT2D eigenvalue weighted by molar-refractivity contribution is 6.42. The summed E-state index contributed by atoms with van der Waals surface area (Å²) >= 11 is 18.1. The molecule has 0 saturated carbocycles. The first-order chi connectivity index (χ1) is 13.9. The van der Waals surface area contributed by atoms with E-state index in [-0.39, 0.29) is 12.0 Å². The zero-order chi connectivity index (χ0) is 21.0. The first kappa shape index (κ1) is 22.0. The fourth-order valence-electron chi connectivity index (χ4n) is 3.16. The highest BCUT2D eigenvalue weighted by Gasteiger charge is 2.22. The number of methoxy groups -OCH3 is 1. The van der Waals surface area contributed by atoms with Gasteiger partial charge in [-0.2, -0.15) is 0 Å². The molecule has 1 aliphatic heterocycles. The third-order valence-electron chi connectivity index (χ3n) is 4.67. The summed E-state index contributed by atoms with van der Waals surface area (Å²) in [5.41, 5.74) is 7.53. The molecule has 0 bridgehead atoms. The van der Waals surface area contributed by atoms with E-state index in [1.54, 1.807) is 6.07 Å². The van der Waals surface area contributed by atoms with Crippen LogP contribution in [0.25, 0.3) is 0 Å². The van der Waals surface area contributed by atoms with Crippen LogP contribution in [0.2, 0.25) is 15.1 Å². The van der Waals surface area contributed by atoms with Crippen LogP contribution in [0.3, 0.4) is 0 Å². The van der Waals surface area contributed by atoms with Crippen molar-refractivity contribution in [3.8, 4) is 5.75 Å². The molecular weight excluding hydrogens is 437 g/mol. The largest absolute Gasteiger partial charge is 0.496 e.